The first-order valence-electron chi connectivity index (χ1n) is 16.3. The molecular weight excluding hydrogens is 602 g/mol. The maximum Gasteiger partial charge on any atom is 0.408 e. The molecule has 0 bridgehead atoms. The Kier molecular flexibility index (Phi) is 10.7. The Bertz CT molecular complexity index is 1550. The molecule has 0 unspecified atom stereocenters. The number of esters is 1. The Morgan fingerprint density at radius 1 is 1.02 bits per heavy atom. The Morgan fingerprint density at radius 2 is 1.74 bits per heavy atom. The van der Waals surface area contributed by atoms with Gasteiger partial charge in [0.05, 0.1) is 0 Å². The standard InChI is InChI=1S/C36H46ClN5O4/c1-23-32(38-21-31(34(43)46-36(3,4)5)41-35(44)45-22-29-12-8-9-13-30(29)37)39-24(2)40-33(23)42-18-16-26(17-19-42)28-15-14-25-10-6-7-11-27(25)20-28/h8-9,12-15,20,26,31H,6-7,10-11,16-19,21-22H2,1-5H3,(H,41,44)(H,38,39,40)/t31-/m0/s1. The molecule has 46 heavy (non-hydrogen) atoms. The van der Waals surface area contributed by atoms with Crippen molar-refractivity contribution in [3.8, 4) is 0 Å². The molecule has 1 aliphatic heterocycles. The average Bonchev–Trinajstić information content (AvgIpc) is 3.03. The van der Waals surface area contributed by atoms with Crippen molar-refractivity contribution < 1.29 is 19.1 Å². The first kappa shape index (κ1) is 33.5. The third-order valence-corrected chi connectivity index (χ3v) is 9.01. The molecule has 0 radical (unpaired) electrons. The second-order valence-corrected chi connectivity index (χ2v) is 13.8. The fraction of sp³-hybridized carbons (Fsp3) is 0.500. The summed E-state index contributed by atoms with van der Waals surface area (Å²) in [7, 11) is 0. The number of benzene rings is 2. The number of carbonyl (C=O) groups is 2. The minimum atomic E-state index is -1.02. The Morgan fingerprint density at radius 3 is 2.46 bits per heavy atom. The van der Waals surface area contributed by atoms with Crippen LogP contribution in [0, 0.1) is 13.8 Å². The van der Waals surface area contributed by atoms with Crippen LogP contribution >= 0.6 is 11.6 Å². The molecule has 1 amide bonds. The fourth-order valence-corrected chi connectivity index (χ4v) is 6.42. The van der Waals surface area contributed by atoms with Gasteiger partial charge >= 0.3 is 12.1 Å². The molecule has 2 aromatic carbocycles. The minimum absolute atomic E-state index is 0.0310. The van der Waals surface area contributed by atoms with E-state index in [-0.39, 0.29) is 13.2 Å². The summed E-state index contributed by atoms with van der Waals surface area (Å²) in [6.45, 7) is 11.0. The van der Waals surface area contributed by atoms with E-state index in [1.54, 1.807) is 39.0 Å². The number of alkyl carbamates (subject to hydrolysis) is 1. The molecule has 5 rings (SSSR count). The number of rotatable bonds is 9. The van der Waals surface area contributed by atoms with Crippen molar-refractivity contribution in [2.24, 2.45) is 0 Å². The lowest BCUT2D eigenvalue weighted by molar-refractivity contribution is -0.156. The van der Waals surface area contributed by atoms with Gasteiger partial charge in [0.1, 0.15) is 35.7 Å². The normalized spacial score (nSPS) is 15.9. The van der Waals surface area contributed by atoms with E-state index in [2.05, 4.69) is 38.7 Å². The number of aryl methyl sites for hydroxylation is 3. The molecule has 9 nitrogen and oxygen atoms in total. The maximum absolute atomic E-state index is 13.1. The van der Waals surface area contributed by atoms with Crippen molar-refractivity contribution >= 4 is 35.3 Å². The molecule has 1 saturated heterocycles. The van der Waals surface area contributed by atoms with Crippen LogP contribution in [0.5, 0.6) is 0 Å². The highest BCUT2D eigenvalue weighted by Crippen LogP contribution is 2.34. The van der Waals surface area contributed by atoms with Gasteiger partial charge in [-0.2, -0.15) is 0 Å². The van der Waals surface area contributed by atoms with Gasteiger partial charge in [-0.05, 0) is 102 Å². The van der Waals surface area contributed by atoms with Crippen molar-refractivity contribution in [1.82, 2.24) is 15.3 Å². The predicted molar refractivity (Wildman–Crippen MR) is 182 cm³/mol. The number of anilines is 2. The summed E-state index contributed by atoms with van der Waals surface area (Å²) in [4.78, 5) is 37.7. The Balaban J connectivity index is 1.24. The van der Waals surface area contributed by atoms with Crippen molar-refractivity contribution in [2.75, 3.05) is 29.9 Å². The second kappa shape index (κ2) is 14.7. The third-order valence-electron chi connectivity index (χ3n) is 8.64. The smallest absolute Gasteiger partial charge is 0.408 e. The van der Waals surface area contributed by atoms with Crippen molar-refractivity contribution in [3.05, 3.63) is 81.1 Å². The topological polar surface area (TPSA) is 106 Å². The summed E-state index contributed by atoms with van der Waals surface area (Å²) in [5, 5.41) is 6.43. The molecule has 1 fully saturated rings. The maximum atomic E-state index is 13.1. The molecule has 3 aromatic rings. The van der Waals surface area contributed by atoms with Gasteiger partial charge in [0.15, 0.2) is 0 Å². The number of carbonyl (C=O) groups excluding carboxylic acids is 2. The van der Waals surface area contributed by atoms with Gasteiger partial charge in [0, 0.05) is 35.8 Å². The van der Waals surface area contributed by atoms with Gasteiger partial charge in [0.2, 0.25) is 0 Å². The number of ether oxygens (including phenoxy) is 2. The molecule has 0 saturated carbocycles. The number of piperidine rings is 1. The van der Waals surface area contributed by atoms with Gasteiger partial charge in [0.25, 0.3) is 0 Å². The third kappa shape index (κ3) is 8.69. The van der Waals surface area contributed by atoms with E-state index in [1.807, 2.05) is 19.9 Å². The number of fused-ring (bicyclic) bond motifs is 1. The molecule has 10 heteroatoms. The van der Waals surface area contributed by atoms with Crippen LogP contribution in [0.15, 0.2) is 42.5 Å². The van der Waals surface area contributed by atoms with E-state index in [0.29, 0.717) is 28.1 Å². The quantitative estimate of drug-likeness (QED) is 0.238. The highest BCUT2D eigenvalue weighted by Gasteiger charge is 2.29. The fourth-order valence-electron chi connectivity index (χ4n) is 6.23. The van der Waals surface area contributed by atoms with E-state index in [1.165, 1.54) is 42.4 Å². The van der Waals surface area contributed by atoms with Gasteiger partial charge in [-0.25, -0.2) is 19.6 Å². The molecule has 2 aliphatic rings. The first-order valence-corrected chi connectivity index (χ1v) is 16.7. The van der Waals surface area contributed by atoms with Crippen LogP contribution in [-0.4, -0.2) is 53.3 Å². The van der Waals surface area contributed by atoms with Gasteiger partial charge in [-0.3, -0.25) is 0 Å². The van der Waals surface area contributed by atoms with Gasteiger partial charge in [-0.15, -0.1) is 0 Å². The zero-order valence-corrected chi connectivity index (χ0v) is 28.4. The van der Waals surface area contributed by atoms with Crippen LogP contribution in [0.4, 0.5) is 16.4 Å². The van der Waals surface area contributed by atoms with E-state index in [0.717, 1.165) is 37.3 Å². The lowest BCUT2D eigenvalue weighted by Gasteiger charge is -2.34. The second-order valence-electron chi connectivity index (χ2n) is 13.3. The highest BCUT2D eigenvalue weighted by atomic mass is 35.5. The zero-order chi connectivity index (χ0) is 32.8. The SMILES string of the molecule is Cc1nc(NC[C@H](NC(=O)OCc2ccccc2Cl)C(=O)OC(C)(C)C)c(C)c(N2CCC(c3ccc4c(c3)CCCC4)CC2)n1. The van der Waals surface area contributed by atoms with Gasteiger partial charge < -0.3 is 25.0 Å². The lowest BCUT2D eigenvalue weighted by atomic mass is 9.84. The zero-order valence-electron chi connectivity index (χ0n) is 27.6. The van der Waals surface area contributed by atoms with Crippen LogP contribution in [0.3, 0.4) is 0 Å². The largest absolute Gasteiger partial charge is 0.458 e. The lowest BCUT2D eigenvalue weighted by Crippen LogP contribution is -2.48. The molecule has 0 spiro atoms. The van der Waals surface area contributed by atoms with E-state index < -0.39 is 23.7 Å². The first-order chi connectivity index (χ1) is 22.0. The van der Waals surface area contributed by atoms with Crippen LogP contribution in [0.2, 0.25) is 5.02 Å². The molecule has 2 N–H and O–H groups in total. The number of halogens is 1. The number of hydrogen-bond acceptors (Lipinski definition) is 8. The predicted octanol–water partition coefficient (Wildman–Crippen LogP) is 7.06. The van der Waals surface area contributed by atoms with E-state index in [4.69, 9.17) is 26.1 Å². The molecule has 1 aliphatic carbocycles. The average molecular weight is 648 g/mol. The summed E-state index contributed by atoms with van der Waals surface area (Å²) in [6, 6.07) is 13.2. The highest BCUT2D eigenvalue weighted by molar-refractivity contribution is 6.31. The molecule has 246 valence electrons. The van der Waals surface area contributed by atoms with Crippen molar-refractivity contribution in [3.63, 3.8) is 0 Å². The minimum Gasteiger partial charge on any atom is -0.458 e. The number of aromatic nitrogens is 2. The van der Waals surface area contributed by atoms with Crippen LogP contribution < -0.4 is 15.5 Å². The van der Waals surface area contributed by atoms with Crippen molar-refractivity contribution in [1.29, 1.82) is 0 Å². The van der Waals surface area contributed by atoms with Gasteiger partial charge in [-0.1, -0.05) is 48.0 Å². The van der Waals surface area contributed by atoms with Crippen LogP contribution in [0.25, 0.3) is 0 Å². The molecule has 2 heterocycles. The number of amides is 1. The number of hydrogen-bond donors (Lipinski definition) is 2. The Hall–Kier alpha value is -3.85. The molecule has 1 atom stereocenters. The van der Waals surface area contributed by atoms with Crippen LogP contribution in [0.1, 0.15) is 86.0 Å². The number of nitrogens with one attached hydrogen (secondary N) is 2. The van der Waals surface area contributed by atoms with E-state index in [9.17, 15) is 9.59 Å². The van der Waals surface area contributed by atoms with Crippen molar-refractivity contribution in [2.45, 2.75) is 97.3 Å². The number of nitrogens with zero attached hydrogens (tertiary/aromatic N) is 3. The summed E-state index contributed by atoms with van der Waals surface area (Å²) in [5.41, 5.74) is 5.34. The Labute approximate surface area is 277 Å². The molecular formula is C36H46ClN5O4. The van der Waals surface area contributed by atoms with E-state index >= 15 is 0 Å². The summed E-state index contributed by atoms with van der Waals surface area (Å²) in [5.74, 6) is 2.09. The summed E-state index contributed by atoms with van der Waals surface area (Å²) < 4.78 is 11.0. The summed E-state index contributed by atoms with van der Waals surface area (Å²) >= 11 is 6.20. The monoisotopic (exact) mass is 647 g/mol. The van der Waals surface area contributed by atoms with Crippen LogP contribution in [-0.2, 0) is 33.7 Å². The summed E-state index contributed by atoms with van der Waals surface area (Å²) in [6.07, 6.45) is 6.37. The molecule has 1 aromatic heterocycles.